The number of hydrogen-bond donors (Lipinski definition) is 1. The second-order valence-corrected chi connectivity index (χ2v) is 3.62. The fourth-order valence-corrected chi connectivity index (χ4v) is 1.50. The van der Waals surface area contributed by atoms with E-state index >= 15 is 0 Å². The van der Waals surface area contributed by atoms with Crippen molar-refractivity contribution in [3.8, 4) is 0 Å². The van der Waals surface area contributed by atoms with Gasteiger partial charge in [-0.3, -0.25) is 4.79 Å². The van der Waals surface area contributed by atoms with Gasteiger partial charge in [0.25, 0.3) is 5.91 Å². The maximum Gasteiger partial charge on any atom is 0.264 e. The summed E-state index contributed by atoms with van der Waals surface area (Å²) in [6.45, 7) is 5.16. The highest BCUT2D eigenvalue weighted by atomic mass is 32.1. The summed E-state index contributed by atoms with van der Waals surface area (Å²) in [5.41, 5.74) is 0. The first-order chi connectivity index (χ1) is 7.77. The van der Waals surface area contributed by atoms with E-state index in [9.17, 15) is 4.79 Å². The van der Waals surface area contributed by atoms with Crippen LogP contribution in [0.1, 0.15) is 23.5 Å². The fourth-order valence-electron chi connectivity index (χ4n) is 1.07. The highest BCUT2D eigenvalue weighted by Gasteiger charge is 2.12. The van der Waals surface area contributed by atoms with E-state index in [1.807, 2.05) is 13.8 Å². The summed E-state index contributed by atoms with van der Waals surface area (Å²) < 4.78 is 14.2. The summed E-state index contributed by atoms with van der Waals surface area (Å²) in [6.07, 6.45) is 1.02. The number of aromatic nitrogens is 2. The average molecular weight is 245 g/mol. The van der Waals surface area contributed by atoms with E-state index in [1.165, 1.54) is 6.20 Å². The minimum absolute atomic E-state index is 0.209. The first-order valence-electron chi connectivity index (χ1n) is 5.06. The van der Waals surface area contributed by atoms with Crippen molar-refractivity contribution in [2.24, 2.45) is 0 Å². The Labute approximate surface area is 98.1 Å². The first kappa shape index (κ1) is 13.0. The highest BCUT2D eigenvalue weighted by Crippen LogP contribution is 2.01. The molecule has 1 heterocycles. The number of ether oxygens (including phenoxy) is 2. The largest absolute Gasteiger partial charge is 0.351 e. The second-order valence-electron chi connectivity index (χ2n) is 2.83. The zero-order valence-corrected chi connectivity index (χ0v) is 10.1. The van der Waals surface area contributed by atoms with Crippen LogP contribution in [0, 0.1) is 0 Å². The molecule has 1 amide bonds. The summed E-state index contributed by atoms with van der Waals surface area (Å²) in [5.74, 6) is -0.209. The van der Waals surface area contributed by atoms with Crippen LogP contribution in [0.5, 0.6) is 0 Å². The lowest BCUT2D eigenvalue weighted by Gasteiger charge is -2.16. The van der Waals surface area contributed by atoms with Crippen LogP contribution < -0.4 is 5.32 Å². The SMILES string of the molecule is CCOC(CNC(=O)c1cnns1)OCC. The lowest BCUT2D eigenvalue weighted by atomic mass is 10.5. The van der Waals surface area contributed by atoms with Crippen LogP contribution in [0.25, 0.3) is 0 Å². The molecule has 0 unspecified atom stereocenters. The van der Waals surface area contributed by atoms with Gasteiger partial charge in [0.1, 0.15) is 4.88 Å². The van der Waals surface area contributed by atoms with E-state index in [4.69, 9.17) is 9.47 Å². The highest BCUT2D eigenvalue weighted by molar-refractivity contribution is 7.07. The summed E-state index contributed by atoms with van der Waals surface area (Å²) in [4.78, 5) is 12.0. The third kappa shape index (κ3) is 4.21. The normalized spacial score (nSPS) is 10.7. The standard InChI is InChI=1S/C9H15N3O3S/c1-3-14-8(15-4-2)6-10-9(13)7-5-11-12-16-7/h5,8H,3-4,6H2,1-2H3,(H,10,13). The van der Waals surface area contributed by atoms with Gasteiger partial charge in [0.2, 0.25) is 0 Å². The molecule has 0 fully saturated rings. The van der Waals surface area contributed by atoms with E-state index < -0.39 is 6.29 Å². The van der Waals surface area contributed by atoms with Crippen LogP contribution in [-0.2, 0) is 9.47 Å². The van der Waals surface area contributed by atoms with Gasteiger partial charge in [-0.1, -0.05) is 4.49 Å². The molecule has 7 heteroatoms. The Kier molecular flexibility index (Phi) is 5.91. The number of carbonyl (C=O) groups is 1. The van der Waals surface area contributed by atoms with Gasteiger partial charge >= 0.3 is 0 Å². The molecule has 0 aliphatic carbocycles. The molecule has 16 heavy (non-hydrogen) atoms. The molecule has 1 N–H and O–H groups in total. The molecule has 0 aromatic carbocycles. The lowest BCUT2D eigenvalue weighted by Crippen LogP contribution is -2.35. The van der Waals surface area contributed by atoms with Crippen molar-refractivity contribution in [1.29, 1.82) is 0 Å². The van der Waals surface area contributed by atoms with Gasteiger partial charge in [0.15, 0.2) is 6.29 Å². The molecule has 0 spiro atoms. The minimum atomic E-state index is -0.403. The summed E-state index contributed by atoms with van der Waals surface area (Å²) in [5, 5.41) is 6.28. The topological polar surface area (TPSA) is 73.3 Å². The van der Waals surface area contributed by atoms with Gasteiger partial charge in [0.05, 0.1) is 12.7 Å². The van der Waals surface area contributed by atoms with Gasteiger partial charge in [-0.2, -0.15) is 0 Å². The smallest absolute Gasteiger partial charge is 0.264 e. The molecule has 1 aromatic rings. The Balaban J connectivity index is 2.34. The van der Waals surface area contributed by atoms with Crippen LogP contribution in [0.15, 0.2) is 6.20 Å². The minimum Gasteiger partial charge on any atom is -0.351 e. The number of carbonyl (C=O) groups excluding carboxylic acids is 1. The predicted octanol–water partition coefficient (Wildman–Crippen LogP) is 0.667. The first-order valence-corrected chi connectivity index (χ1v) is 5.84. The molecular formula is C9H15N3O3S. The van der Waals surface area contributed by atoms with E-state index in [0.29, 0.717) is 24.6 Å². The summed E-state index contributed by atoms with van der Waals surface area (Å²) in [7, 11) is 0. The van der Waals surface area contributed by atoms with Crippen LogP contribution in [0.2, 0.25) is 0 Å². The molecule has 1 rings (SSSR count). The van der Waals surface area contributed by atoms with Crippen molar-refractivity contribution < 1.29 is 14.3 Å². The Morgan fingerprint density at radius 1 is 1.50 bits per heavy atom. The Hall–Kier alpha value is -1.05. The molecule has 6 nitrogen and oxygen atoms in total. The van der Waals surface area contributed by atoms with Crippen LogP contribution >= 0.6 is 11.5 Å². The van der Waals surface area contributed by atoms with E-state index in [1.54, 1.807) is 0 Å². The van der Waals surface area contributed by atoms with Gasteiger partial charge in [0, 0.05) is 13.2 Å². The van der Waals surface area contributed by atoms with Crippen molar-refractivity contribution in [3.05, 3.63) is 11.1 Å². The quantitative estimate of drug-likeness (QED) is 0.715. The van der Waals surface area contributed by atoms with Crippen molar-refractivity contribution in [2.45, 2.75) is 20.1 Å². The zero-order chi connectivity index (χ0) is 11.8. The van der Waals surface area contributed by atoms with E-state index in [2.05, 4.69) is 14.9 Å². The van der Waals surface area contributed by atoms with E-state index in [0.717, 1.165) is 11.5 Å². The molecule has 0 saturated carbocycles. The predicted molar refractivity (Wildman–Crippen MR) is 59.3 cm³/mol. The number of amides is 1. The number of hydrogen-bond acceptors (Lipinski definition) is 6. The fraction of sp³-hybridized carbons (Fsp3) is 0.667. The third-order valence-electron chi connectivity index (χ3n) is 1.72. The van der Waals surface area contributed by atoms with Crippen LogP contribution in [-0.4, -0.2) is 41.5 Å². The van der Waals surface area contributed by atoms with Crippen molar-refractivity contribution in [3.63, 3.8) is 0 Å². The van der Waals surface area contributed by atoms with Crippen molar-refractivity contribution in [1.82, 2.24) is 14.9 Å². The Morgan fingerprint density at radius 2 is 2.19 bits per heavy atom. The zero-order valence-electron chi connectivity index (χ0n) is 9.30. The number of rotatable bonds is 7. The van der Waals surface area contributed by atoms with Gasteiger partial charge in [-0.05, 0) is 25.4 Å². The van der Waals surface area contributed by atoms with Gasteiger partial charge in [-0.25, -0.2) is 0 Å². The molecule has 0 radical (unpaired) electrons. The lowest BCUT2D eigenvalue weighted by molar-refractivity contribution is -0.131. The van der Waals surface area contributed by atoms with E-state index in [-0.39, 0.29) is 5.91 Å². The van der Waals surface area contributed by atoms with Crippen LogP contribution in [0.4, 0.5) is 0 Å². The molecular weight excluding hydrogens is 230 g/mol. The number of nitrogens with zero attached hydrogens (tertiary/aromatic N) is 2. The molecule has 0 atom stereocenters. The molecule has 0 aliphatic heterocycles. The monoisotopic (exact) mass is 245 g/mol. The molecule has 0 bridgehead atoms. The summed E-state index contributed by atoms with van der Waals surface area (Å²) >= 11 is 1.05. The van der Waals surface area contributed by atoms with Crippen molar-refractivity contribution in [2.75, 3.05) is 19.8 Å². The average Bonchev–Trinajstić information content (AvgIpc) is 2.79. The maximum absolute atomic E-state index is 11.5. The third-order valence-corrected chi connectivity index (χ3v) is 2.38. The molecule has 1 aromatic heterocycles. The van der Waals surface area contributed by atoms with Gasteiger partial charge in [-0.15, -0.1) is 5.10 Å². The summed E-state index contributed by atoms with van der Waals surface area (Å²) in [6, 6.07) is 0. The second kappa shape index (κ2) is 7.26. The Morgan fingerprint density at radius 3 is 2.69 bits per heavy atom. The Bertz CT molecular complexity index is 299. The molecule has 0 aliphatic rings. The molecule has 0 saturated heterocycles. The van der Waals surface area contributed by atoms with Gasteiger partial charge < -0.3 is 14.8 Å². The van der Waals surface area contributed by atoms with Crippen molar-refractivity contribution >= 4 is 17.4 Å². The number of nitrogens with one attached hydrogen (secondary N) is 1. The maximum atomic E-state index is 11.5. The molecule has 90 valence electrons. The van der Waals surface area contributed by atoms with Crippen LogP contribution in [0.3, 0.4) is 0 Å².